The molecule has 1 aliphatic heterocycles. The van der Waals surface area contributed by atoms with Crippen LogP contribution in [0.4, 0.5) is 0 Å². The number of aryl methyl sites for hydroxylation is 1. The average Bonchev–Trinajstić information content (AvgIpc) is 3.46. The van der Waals surface area contributed by atoms with Crippen LogP contribution in [0.3, 0.4) is 0 Å². The van der Waals surface area contributed by atoms with Crippen LogP contribution in [0.2, 0.25) is 0 Å². The van der Waals surface area contributed by atoms with Crippen LogP contribution in [0.15, 0.2) is 29.2 Å². The third-order valence-electron chi connectivity index (χ3n) is 5.22. The second-order valence-electron chi connectivity index (χ2n) is 7.58. The quantitative estimate of drug-likeness (QED) is 0.792. The summed E-state index contributed by atoms with van der Waals surface area (Å²) >= 11 is 0. The smallest absolute Gasteiger partial charge is 0.254 e. The number of amides is 1. The molecule has 1 fully saturated rings. The lowest BCUT2D eigenvalue weighted by molar-refractivity contribution is 0.0779. The summed E-state index contributed by atoms with van der Waals surface area (Å²) in [7, 11) is -1.79. The van der Waals surface area contributed by atoms with Crippen LogP contribution in [0.5, 0.6) is 0 Å². The molecule has 1 saturated carbocycles. The van der Waals surface area contributed by atoms with Crippen LogP contribution >= 0.6 is 0 Å². The van der Waals surface area contributed by atoms with Gasteiger partial charge in [-0.3, -0.25) is 4.79 Å². The fourth-order valence-electron chi connectivity index (χ4n) is 3.43. The number of sulfonamides is 1. The number of rotatable bonds is 6. The summed E-state index contributed by atoms with van der Waals surface area (Å²) in [5.41, 5.74) is 0.448. The molecule has 2 aromatic rings. The maximum absolute atomic E-state index is 12.8. The fraction of sp³-hybridized carbons (Fsp3) is 0.526. The summed E-state index contributed by atoms with van der Waals surface area (Å²) in [6.07, 6.45) is 6.09. The number of benzene rings is 1. The number of nitrogens with zero attached hydrogens (tertiary/aromatic N) is 4. The molecule has 4 rings (SSSR count). The first-order valence-electron chi connectivity index (χ1n) is 9.73. The van der Waals surface area contributed by atoms with Crippen molar-refractivity contribution in [3.8, 4) is 0 Å². The van der Waals surface area contributed by atoms with E-state index in [0.717, 1.165) is 50.3 Å². The predicted octanol–water partition coefficient (Wildman–Crippen LogP) is 1.72. The van der Waals surface area contributed by atoms with E-state index in [4.69, 9.17) is 0 Å². The summed E-state index contributed by atoms with van der Waals surface area (Å²) in [6.45, 7) is 1.26. The Hall–Kier alpha value is -2.26. The van der Waals surface area contributed by atoms with E-state index in [2.05, 4.69) is 19.5 Å². The average molecular weight is 404 g/mol. The molecule has 1 aromatic heterocycles. The monoisotopic (exact) mass is 403 g/mol. The van der Waals surface area contributed by atoms with E-state index in [-0.39, 0.29) is 16.8 Å². The van der Waals surface area contributed by atoms with Gasteiger partial charge in [0.2, 0.25) is 10.0 Å². The highest BCUT2D eigenvalue weighted by Crippen LogP contribution is 2.22. The molecular formula is C19H25N5O3S. The molecule has 2 aliphatic rings. The third kappa shape index (κ3) is 4.10. The van der Waals surface area contributed by atoms with Crippen molar-refractivity contribution in [1.82, 2.24) is 24.4 Å². The molecule has 0 bridgehead atoms. The summed E-state index contributed by atoms with van der Waals surface area (Å²) in [6, 6.07) is 6.13. The fourth-order valence-corrected chi connectivity index (χ4v) is 4.74. The molecule has 2 heterocycles. The molecule has 0 saturated heterocycles. The number of nitrogens with one attached hydrogen (secondary N) is 1. The van der Waals surface area contributed by atoms with Gasteiger partial charge in [0.15, 0.2) is 5.82 Å². The van der Waals surface area contributed by atoms with Crippen LogP contribution in [0, 0.1) is 0 Å². The van der Waals surface area contributed by atoms with E-state index in [0.29, 0.717) is 12.1 Å². The summed E-state index contributed by atoms with van der Waals surface area (Å²) < 4.78 is 29.3. The lowest BCUT2D eigenvalue weighted by atomic mass is 10.2. The Morgan fingerprint density at radius 1 is 1.18 bits per heavy atom. The Bertz CT molecular complexity index is 964. The Balaban J connectivity index is 1.44. The van der Waals surface area contributed by atoms with Crippen molar-refractivity contribution in [3.05, 3.63) is 41.5 Å². The first-order chi connectivity index (χ1) is 13.4. The van der Waals surface area contributed by atoms with Gasteiger partial charge in [-0.25, -0.2) is 13.1 Å². The van der Waals surface area contributed by atoms with Gasteiger partial charge in [-0.2, -0.15) is 0 Å². The molecule has 28 heavy (non-hydrogen) atoms. The maximum atomic E-state index is 12.8. The van der Waals surface area contributed by atoms with Gasteiger partial charge in [0, 0.05) is 31.6 Å². The number of hydrogen-bond acceptors (Lipinski definition) is 5. The van der Waals surface area contributed by atoms with E-state index in [1.807, 2.05) is 0 Å². The van der Waals surface area contributed by atoms with Crippen molar-refractivity contribution < 1.29 is 13.2 Å². The molecule has 1 N–H and O–H groups in total. The number of carbonyl (C=O) groups excluding carboxylic acids is 1. The van der Waals surface area contributed by atoms with Gasteiger partial charge in [-0.05, 0) is 49.9 Å². The first-order valence-corrected chi connectivity index (χ1v) is 11.2. The Kier molecular flexibility index (Phi) is 5.20. The molecule has 1 aromatic carbocycles. The lowest BCUT2D eigenvalue weighted by Gasteiger charge is -2.18. The predicted molar refractivity (Wildman–Crippen MR) is 103 cm³/mol. The zero-order valence-corrected chi connectivity index (χ0v) is 16.8. The molecule has 0 spiro atoms. The lowest BCUT2D eigenvalue weighted by Crippen LogP contribution is -2.28. The summed E-state index contributed by atoms with van der Waals surface area (Å²) in [5.74, 6) is 1.61. The summed E-state index contributed by atoms with van der Waals surface area (Å²) in [5, 5.41) is 8.54. The molecule has 1 amide bonds. The summed E-state index contributed by atoms with van der Waals surface area (Å²) in [4.78, 5) is 14.5. The van der Waals surface area contributed by atoms with E-state index < -0.39 is 10.0 Å². The number of carbonyl (C=O) groups is 1. The highest BCUT2D eigenvalue weighted by molar-refractivity contribution is 7.89. The standard InChI is InChI=1S/C19H25N5O3S/c1-23(13-18-21-20-17-5-3-2-4-12-24(17)18)19(25)14-6-10-16(11-7-14)28(26,27)22-15-8-9-15/h6-7,10-11,15,22H,2-5,8-9,12-13H2,1H3. The zero-order valence-electron chi connectivity index (χ0n) is 16.0. The van der Waals surface area contributed by atoms with Crippen LogP contribution < -0.4 is 4.72 Å². The van der Waals surface area contributed by atoms with Crippen molar-refractivity contribution in [2.45, 2.75) is 62.6 Å². The van der Waals surface area contributed by atoms with Gasteiger partial charge < -0.3 is 9.47 Å². The molecule has 9 heteroatoms. The highest BCUT2D eigenvalue weighted by atomic mass is 32.2. The van der Waals surface area contributed by atoms with Gasteiger partial charge in [0.05, 0.1) is 11.4 Å². The van der Waals surface area contributed by atoms with Gasteiger partial charge in [-0.1, -0.05) is 6.42 Å². The minimum Gasteiger partial charge on any atom is -0.334 e. The van der Waals surface area contributed by atoms with E-state index in [1.165, 1.54) is 18.6 Å². The first kappa shape index (κ1) is 19.1. The Morgan fingerprint density at radius 3 is 2.64 bits per heavy atom. The number of aromatic nitrogens is 3. The molecule has 150 valence electrons. The Morgan fingerprint density at radius 2 is 1.93 bits per heavy atom. The molecule has 8 nitrogen and oxygen atoms in total. The molecule has 0 radical (unpaired) electrons. The highest BCUT2D eigenvalue weighted by Gasteiger charge is 2.28. The second kappa shape index (κ2) is 7.63. The van der Waals surface area contributed by atoms with Crippen molar-refractivity contribution >= 4 is 15.9 Å². The van der Waals surface area contributed by atoms with E-state index in [1.54, 1.807) is 24.1 Å². The van der Waals surface area contributed by atoms with E-state index in [9.17, 15) is 13.2 Å². The third-order valence-corrected chi connectivity index (χ3v) is 6.76. The van der Waals surface area contributed by atoms with Crippen molar-refractivity contribution in [2.75, 3.05) is 7.05 Å². The minimum atomic E-state index is -3.51. The zero-order chi connectivity index (χ0) is 19.7. The van der Waals surface area contributed by atoms with Crippen molar-refractivity contribution in [3.63, 3.8) is 0 Å². The number of fused-ring (bicyclic) bond motifs is 1. The maximum Gasteiger partial charge on any atom is 0.254 e. The molecule has 1 aliphatic carbocycles. The molecule has 0 atom stereocenters. The van der Waals surface area contributed by atoms with Gasteiger partial charge >= 0.3 is 0 Å². The normalized spacial score (nSPS) is 17.0. The van der Waals surface area contributed by atoms with E-state index >= 15 is 0 Å². The Labute approximate surface area is 165 Å². The van der Waals surface area contributed by atoms with Crippen molar-refractivity contribution in [2.24, 2.45) is 0 Å². The van der Waals surface area contributed by atoms with Gasteiger partial charge in [-0.15, -0.1) is 10.2 Å². The minimum absolute atomic E-state index is 0.0516. The largest absolute Gasteiger partial charge is 0.334 e. The molecular weight excluding hydrogens is 378 g/mol. The van der Waals surface area contributed by atoms with Crippen molar-refractivity contribution in [1.29, 1.82) is 0 Å². The SMILES string of the molecule is CN(Cc1nnc2n1CCCCC2)C(=O)c1ccc(S(=O)(=O)NC2CC2)cc1. The van der Waals surface area contributed by atoms with Crippen LogP contribution in [0.1, 0.15) is 54.1 Å². The van der Waals surface area contributed by atoms with Gasteiger partial charge in [0.1, 0.15) is 5.82 Å². The topological polar surface area (TPSA) is 97.2 Å². The van der Waals surface area contributed by atoms with Crippen LogP contribution in [-0.4, -0.2) is 47.1 Å². The second-order valence-corrected chi connectivity index (χ2v) is 9.29. The molecule has 0 unspecified atom stereocenters. The van der Waals surface area contributed by atoms with Crippen LogP contribution in [0.25, 0.3) is 0 Å². The van der Waals surface area contributed by atoms with Gasteiger partial charge in [0.25, 0.3) is 5.91 Å². The number of hydrogen-bond donors (Lipinski definition) is 1. The van der Waals surface area contributed by atoms with Crippen LogP contribution in [-0.2, 0) is 29.5 Å².